The highest BCUT2D eigenvalue weighted by molar-refractivity contribution is 7.94. The summed E-state index contributed by atoms with van der Waals surface area (Å²) >= 11 is 0. The van der Waals surface area contributed by atoms with Crippen molar-refractivity contribution < 1.29 is 22.7 Å². The van der Waals surface area contributed by atoms with E-state index in [0.29, 0.717) is 17.9 Å². The van der Waals surface area contributed by atoms with Crippen LogP contribution < -0.4 is 10.6 Å². The Hall–Kier alpha value is -2.35. The van der Waals surface area contributed by atoms with Crippen LogP contribution in [-0.2, 0) is 14.6 Å². The number of benzene rings is 1. The Morgan fingerprint density at radius 2 is 1.95 bits per heavy atom. The smallest absolute Gasteiger partial charge is 0.338 e. The molecule has 1 aliphatic rings. The maximum absolute atomic E-state index is 11.8. The Bertz CT molecular complexity index is 694. The van der Waals surface area contributed by atoms with Crippen LogP contribution in [0.25, 0.3) is 0 Å². The molecule has 2 rings (SSSR count). The summed E-state index contributed by atoms with van der Waals surface area (Å²) in [4.78, 5) is 23.2. The van der Waals surface area contributed by atoms with Gasteiger partial charge in [-0.15, -0.1) is 0 Å². The molecule has 8 heteroatoms. The van der Waals surface area contributed by atoms with E-state index in [9.17, 15) is 18.0 Å². The molecule has 7 nitrogen and oxygen atoms in total. The third kappa shape index (κ3) is 4.32. The molecule has 1 heterocycles. The van der Waals surface area contributed by atoms with Gasteiger partial charge >= 0.3 is 12.0 Å². The summed E-state index contributed by atoms with van der Waals surface area (Å²) in [7, 11) is -3.21. The van der Waals surface area contributed by atoms with Gasteiger partial charge in [0.05, 0.1) is 24.0 Å². The van der Waals surface area contributed by atoms with Crippen molar-refractivity contribution in [1.29, 1.82) is 0 Å². The van der Waals surface area contributed by atoms with Gasteiger partial charge in [0.25, 0.3) is 0 Å². The zero-order valence-electron chi connectivity index (χ0n) is 11.9. The quantitative estimate of drug-likeness (QED) is 0.813. The fourth-order valence-electron chi connectivity index (χ4n) is 1.91. The van der Waals surface area contributed by atoms with Crippen LogP contribution in [0.1, 0.15) is 17.3 Å². The van der Waals surface area contributed by atoms with Crippen molar-refractivity contribution in [2.45, 2.75) is 13.0 Å². The molecule has 0 bridgehead atoms. The molecule has 1 atom stereocenters. The minimum Gasteiger partial charge on any atom is -0.462 e. The van der Waals surface area contributed by atoms with E-state index in [-0.39, 0.29) is 5.75 Å². The second-order valence-electron chi connectivity index (χ2n) is 4.66. The van der Waals surface area contributed by atoms with Crippen LogP contribution in [0.2, 0.25) is 0 Å². The number of esters is 1. The lowest BCUT2D eigenvalue weighted by molar-refractivity contribution is 0.0526. The molecule has 0 fully saturated rings. The Morgan fingerprint density at radius 1 is 1.27 bits per heavy atom. The van der Waals surface area contributed by atoms with Crippen molar-refractivity contribution in [3.63, 3.8) is 0 Å². The molecule has 22 heavy (non-hydrogen) atoms. The molecule has 0 aliphatic carbocycles. The normalized spacial score (nSPS) is 18.7. The molecule has 0 saturated carbocycles. The third-order valence-electron chi connectivity index (χ3n) is 2.90. The number of amides is 2. The summed E-state index contributed by atoms with van der Waals surface area (Å²) in [6.07, 6.45) is 1.43. The summed E-state index contributed by atoms with van der Waals surface area (Å²) in [5.41, 5.74) is 0.869. The average Bonchev–Trinajstić information content (AvgIpc) is 2.78. The Kier molecular flexibility index (Phi) is 4.81. The maximum atomic E-state index is 11.8. The van der Waals surface area contributed by atoms with Gasteiger partial charge in [0.2, 0.25) is 0 Å². The van der Waals surface area contributed by atoms with Crippen molar-refractivity contribution in [3.05, 3.63) is 41.3 Å². The molecular formula is C14H16N2O5S. The van der Waals surface area contributed by atoms with Gasteiger partial charge in [-0.05, 0) is 37.3 Å². The first-order chi connectivity index (χ1) is 10.4. The molecule has 0 spiro atoms. The first kappa shape index (κ1) is 16.0. The topological polar surface area (TPSA) is 102 Å². The van der Waals surface area contributed by atoms with Gasteiger partial charge in [0.15, 0.2) is 9.84 Å². The molecule has 2 N–H and O–H groups in total. The van der Waals surface area contributed by atoms with Crippen molar-refractivity contribution in [2.75, 3.05) is 17.7 Å². The Morgan fingerprint density at radius 3 is 2.50 bits per heavy atom. The van der Waals surface area contributed by atoms with Crippen LogP contribution in [-0.4, -0.2) is 38.8 Å². The number of carbonyl (C=O) groups excluding carboxylic acids is 2. The molecular weight excluding hydrogens is 308 g/mol. The van der Waals surface area contributed by atoms with Gasteiger partial charge in [-0.3, -0.25) is 0 Å². The zero-order valence-corrected chi connectivity index (χ0v) is 12.7. The van der Waals surface area contributed by atoms with E-state index in [1.165, 1.54) is 18.2 Å². The molecule has 1 aromatic carbocycles. The molecule has 0 saturated heterocycles. The number of rotatable bonds is 4. The van der Waals surface area contributed by atoms with Gasteiger partial charge in [-0.2, -0.15) is 0 Å². The molecule has 0 aromatic heterocycles. The van der Waals surface area contributed by atoms with Crippen LogP contribution in [0.5, 0.6) is 0 Å². The molecule has 1 aromatic rings. The van der Waals surface area contributed by atoms with E-state index in [0.717, 1.165) is 5.41 Å². The predicted octanol–water partition coefficient (Wildman–Crippen LogP) is 1.30. The van der Waals surface area contributed by atoms with Crippen molar-refractivity contribution in [3.8, 4) is 0 Å². The highest BCUT2D eigenvalue weighted by Crippen LogP contribution is 2.12. The number of anilines is 1. The Labute approximate surface area is 128 Å². The summed E-state index contributed by atoms with van der Waals surface area (Å²) in [5, 5.41) is 6.19. The van der Waals surface area contributed by atoms with E-state index in [1.807, 2.05) is 0 Å². The lowest BCUT2D eigenvalue weighted by atomic mass is 10.2. The minimum absolute atomic E-state index is 0.137. The van der Waals surface area contributed by atoms with Crippen LogP contribution in [0.15, 0.2) is 35.7 Å². The number of nitrogens with one attached hydrogen (secondary N) is 2. The molecule has 118 valence electrons. The minimum atomic E-state index is -3.21. The third-order valence-corrected chi connectivity index (χ3v) is 4.30. The highest BCUT2D eigenvalue weighted by atomic mass is 32.2. The highest BCUT2D eigenvalue weighted by Gasteiger charge is 2.22. The van der Waals surface area contributed by atoms with Crippen LogP contribution >= 0.6 is 0 Å². The standard InChI is InChI=1S/C14H16N2O5S/c1-2-21-13(17)10-3-5-11(6-4-10)15-14(18)16-12-7-8-22(19,20)9-12/h3-8,12H,2,9H2,1H3,(H2,15,16,18). The predicted molar refractivity (Wildman–Crippen MR) is 81.3 cm³/mol. The number of carbonyl (C=O) groups is 2. The average molecular weight is 324 g/mol. The summed E-state index contributed by atoms with van der Waals surface area (Å²) in [6, 6.07) is 5.14. The van der Waals surface area contributed by atoms with Crippen molar-refractivity contribution in [1.82, 2.24) is 5.32 Å². The Balaban J connectivity index is 1.90. The SMILES string of the molecule is CCOC(=O)c1ccc(NC(=O)NC2C=CS(=O)(=O)C2)cc1. The summed E-state index contributed by atoms with van der Waals surface area (Å²) < 4.78 is 27.3. The lowest BCUT2D eigenvalue weighted by Gasteiger charge is -2.11. The first-order valence-electron chi connectivity index (χ1n) is 6.65. The van der Waals surface area contributed by atoms with E-state index in [1.54, 1.807) is 19.1 Å². The fraction of sp³-hybridized carbons (Fsp3) is 0.286. The second-order valence-corrected chi connectivity index (χ2v) is 6.59. The molecule has 0 radical (unpaired) electrons. The summed E-state index contributed by atoms with van der Waals surface area (Å²) in [6.45, 7) is 2.01. The number of ether oxygens (including phenoxy) is 1. The van der Waals surface area contributed by atoms with E-state index < -0.39 is 27.9 Å². The van der Waals surface area contributed by atoms with Gasteiger partial charge in [0, 0.05) is 11.1 Å². The second kappa shape index (κ2) is 6.61. The first-order valence-corrected chi connectivity index (χ1v) is 8.37. The summed E-state index contributed by atoms with van der Waals surface area (Å²) in [5.74, 6) is -0.567. The lowest BCUT2D eigenvalue weighted by Crippen LogP contribution is -2.38. The van der Waals surface area contributed by atoms with Crippen molar-refractivity contribution >= 4 is 27.5 Å². The van der Waals surface area contributed by atoms with Gasteiger partial charge in [-0.25, -0.2) is 18.0 Å². The largest absolute Gasteiger partial charge is 0.462 e. The number of hydrogen-bond donors (Lipinski definition) is 2. The van der Waals surface area contributed by atoms with E-state index in [4.69, 9.17) is 4.74 Å². The maximum Gasteiger partial charge on any atom is 0.338 e. The molecule has 2 amide bonds. The fourth-order valence-corrected chi connectivity index (χ4v) is 3.14. The monoisotopic (exact) mass is 324 g/mol. The number of sulfone groups is 1. The molecule has 1 unspecified atom stereocenters. The van der Waals surface area contributed by atoms with Crippen LogP contribution in [0.4, 0.5) is 10.5 Å². The van der Waals surface area contributed by atoms with E-state index in [2.05, 4.69) is 10.6 Å². The molecule has 1 aliphatic heterocycles. The van der Waals surface area contributed by atoms with Gasteiger partial charge in [-0.1, -0.05) is 0 Å². The number of urea groups is 1. The van der Waals surface area contributed by atoms with Crippen LogP contribution in [0, 0.1) is 0 Å². The zero-order chi connectivity index (χ0) is 16.2. The van der Waals surface area contributed by atoms with Crippen LogP contribution in [0.3, 0.4) is 0 Å². The van der Waals surface area contributed by atoms with Gasteiger partial charge < -0.3 is 15.4 Å². The van der Waals surface area contributed by atoms with Crippen molar-refractivity contribution in [2.24, 2.45) is 0 Å². The van der Waals surface area contributed by atoms with E-state index >= 15 is 0 Å². The number of hydrogen-bond acceptors (Lipinski definition) is 5. The van der Waals surface area contributed by atoms with Gasteiger partial charge in [0.1, 0.15) is 0 Å².